The molecule has 0 unspecified atom stereocenters. The molecule has 220 valence electrons. The van der Waals surface area contributed by atoms with Crippen LogP contribution in [0.25, 0.3) is 21.9 Å². The van der Waals surface area contributed by atoms with Crippen LogP contribution in [0.5, 0.6) is 5.75 Å². The molecule has 0 atom stereocenters. The lowest BCUT2D eigenvalue weighted by Crippen LogP contribution is -2.54. The number of carbonyl (C=O) groups is 1. The Hall–Kier alpha value is -3.95. The number of pyridine rings is 1. The van der Waals surface area contributed by atoms with Gasteiger partial charge in [0.15, 0.2) is 0 Å². The average Bonchev–Trinajstić information content (AvgIpc) is 3.46. The number of nitrogens with zero attached hydrogens (tertiary/aromatic N) is 5. The van der Waals surface area contributed by atoms with Crippen molar-refractivity contribution in [1.82, 2.24) is 24.6 Å². The Morgan fingerprint density at radius 2 is 1.81 bits per heavy atom. The molecule has 2 aliphatic heterocycles. The number of piperidine rings is 1. The van der Waals surface area contributed by atoms with E-state index in [4.69, 9.17) is 14.6 Å². The molecule has 9 heteroatoms. The van der Waals surface area contributed by atoms with E-state index in [1.165, 1.54) is 0 Å². The van der Waals surface area contributed by atoms with Gasteiger partial charge in [-0.3, -0.25) is 14.4 Å². The monoisotopic (exact) mass is 568 g/mol. The van der Waals surface area contributed by atoms with E-state index in [2.05, 4.69) is 71.1 Å². The van der Waals surface area contributed by atoms with Crippen molar-refractivity contribution >= 4 is 28.2 Å². The maximum absolute atomic E-state index is 12.9. The molecular weight excluding hydrogens is 528 g/mol. The van der Waals surface area contributed by atoms with Crippen molar-refractivity contribution in [3.05, 3.63) is 66.6 Å². The summed E-state index contributed by atoms with van der Waals surface area (Å²) in [6.07, 6.45) is 8.36. The summed E-state index contributed by atoms with van der Waals surface area (Å²) in [4.78, 5) is 21.9. The molecular formula is C33H40N6O3. The number of aromatic nitrogens is 3. The second-order valence-corrected chi connectivity index (χ2v) is 12.3. The molecule has 1 N–H and O–H groups in total. The van der Waals surface area contributed by atoms with E-state index >= 15 is 0 Å². The van der Waals surface area contributed by atoms with Gasteiger partial charge in [-0.15, -0.1) is 0 Å². The van der Waals surface area contributed by atoms with Gasteiger partial charge < -0.3 is 19.7 Å². The standard InChI is InChI=1S/C33H40N6O3/c1-33(2,3)38-13-11-25(12-14-38)39-19-24(18-35-39)27-8-6-7-23-17-34-31(16-28(23)27)36-29-10-9-22(15-30(29)42-5)32(40)37-20-26(21-37)41-4/h6-10,15-19,25-26H,11-14,20-21H2,1-5H3,(H,34,36). The van der Waals surface area contributed by atoms with Crippen LogP contribution in [0.15, 0.2) is 61.1 Å². The minimum absolute atomic E-state index is 0.0260. The van der Waals surface area contributed by atoms with Gasteiger partial charge in [-0.1, -0.05) is 18.2 Å². The number of ether oxygens (including phenoxy) is 2. The largest absolute Gasteiger partial charge is 0.495 e. The average molecular weight is 569 g/mol. The van der Waals surface area contributed by atoms with Gasteiger partial charge in [0, 0.05) is 67.7 Å². The maximum atomic E-state index is 12.9. The summed E-state index contributed by atoms with van der Waals surface area (Å²) in [5, 5.41) is 10.3. The number of hydrogen-bond donors (Lipinski definition) is 1. The zero-order valence-corrected chi connectivity index (χ0v) is 25.1. The highest BCUT2D eigenvalue weighted by Crippen LogP contribution is 2.34. The van der Waals surface area contributed by atoms with Gasteiger partial charge >= 0.3 is 0 Å². The van der Waals surface area contributed by atoms with Crippen molar-refractivity contribution in [1.29, 1.82) is 0 Å². The van der Waals surface area contributed by atoms with Crippen molar-refractivity contribution in [3.63, 3.8) is 0 Å². The van der Waals surface area contributed by atoms with E-state index in [0.29, 0.717) is 36.3 Å². The van der Waals surface area contributed by atoms with Crippen molar-refractivity contribution in [3.8, 4) is 16.9 Å². The van der Waals surface area contributed by atoms with Crippen molar-refractivity contribution in [2.75, 3.05) is 45.7 Å². The van der Waals surface area contributed by atoms with Crippen LogP contribution in [0.2, 0.25) is 0 Å². The molecule has 4 heterocycles. The lowest BCUT2D eigenvalue weighted by atomic mass is 9.98. The van der Waals surface area contributed by atoms with Crippen molar-refractivity contribution in [2.24, 2.45) is 0 Å². The number of rotatable bonds is 7. The number of fused-ring (bicyclic) bond motifs is 1. The third-order valence-electron chi connectivity index (χ3n) is 8.64. The minimum atomic E-state index is -0.0260. The number of benzene rings is 2. The zero-order valence-electron chi connectivity index (χ0n) is 25.1. The fourth-order valence-corrected chi connectivity index (χ4v) is 5.97. The quantitative estimate of drug-likeness (QED) is 0.304. The zero-order chi connectivity index (χ0) is 29.4. The highest BCUT2D eigenvalue weighted by atomic mass is 16.5. The van der Waals surface area contributed by atoms with Crippen LogP contribution in [-0.4, -0.2) is 82.5 Å². The van der Waals surface area contributed by atoms with E-state index < -0.39 is 0 Å². The predicted octanol–water partition coefficient (Wildman–Crippen LogP) is 5.76. The summed E-state index contributed by atoms with van der Waals surface area (Å²) in [6, 6.07) is 14.2. The van der Waals surface area contributed by atoms with E-state index in [1.807, 2.05) is 24.5 Å². The van der Waals surface area contributed by atoms with Gasteiger partial charge in [0.1, 0.15) is 11.6 Å². The molecule has 2 aromatic heterocycles. The van der Waals surface area contributed by atoms with E-state index in [1.54, 1.807) is 25.2 Å². The Morgan fingerprint density at radius 1 is 1.02 bits per heavy atom. The normalized spacial score (nSPS) is 16.9. The summed E-state index contributed by atoms with van der Waals surface area (Å²) in [5.41, 5.74) is 3.74. The summed E-state index contributed by atoms with van der Waals surface area (Å²) < 4.78 is 13.1. The van der Waals surface area contributed by atoms with E-state index in [0.717, 1.165) is 53.5 Å². The van der Waals surface area contributed by atoms with Crippen molar-refractivity contribution in [2.45, 2.75) is 51.3 Å². The highest BCUT2D eigenvalue weighted by Gasteiger charge is 2.31. The second-order valence-electron chi connectivity index (χ2n) is 12.3. The van der Waals surface area contributed by atoms with Gasteiger partial charge in [0.05, 0.1) is 31.1 Å². The molecule has 0 saturated carbocycles. The third-order valence-corrected chi connectivity index (χ3v) is 8.64. The SMILES string of the molecule is COc1cc(C(=O)N2CC(OC)C2)ccc1Nc1cc2c(-c3cnn(C4CCN(C(C)(C)C)CC4)c3)cccc2cn1. The Bertz CT molecular complexity index is 1580. The topological polar surface area (TPSA) is 84.8 Å². The fraction of sp³-hybridized carbons (Fsp3) is 0.424. The Morgan fingerprint density at radius 3 is 2.52 bits per heavy atom. The van der Waals surface area contributed by atoms with Crippen LogP contribution in [0, 0.1) is 0 Å². The molecule has 2 aromatic carbocycles. The summed E-state index contributed by atoms with van der Waals surface area (Å²) >= 11 is 0. The van der Waals surface area contributed by atoms with Crippen LogP contribution < -0.4 is 10.1 Å². The van der Waals surface area contributed by atoms with Gasteiger partial charge in [-0.2, -0.15) is 5.10 Å². The first-order chi connectivity index (χ1) is 20.2. The lowest BCUT2D eigenvalue weighted by Gasteiger charge is -2.40. The Labute approximate surface area is 247 Å². The summed E-state index contributed by atoms with van der Waals surface area (Å²) in [5.74, 6) is 1.25. The van der Waals surface area contributed by atoms with Crippen LogP contribution in [0.3, 0.4) is 0 Å². The number of anilines is 2. The Balaban J connectivity index is 1.21. The predicted molar refractivity (Wildman–Crippen MR) is 166 cm³/mol. The third kappa shape index (κ3) is 5.58. The van der Waals surface area contributed by atoms with E-state index in [-0.39, 0.29) is 17.6 Å². The molecule has 1 amide bonds. The molecule has 42 heavy (non-hydrogen) atoms. The highest BCUT2D eigenvalue weighted by molar-refractivity contribution is 5.98. The number of nitrogens with one attached hydrogen (secondary N) is 1. The van der Waals surface area contributed by atoms with Gasteiger partial charge in [-0.25, -0.2) is 4.98 Å². The Kier molecular flexibility index (Phi) is 7.64. The van der Waals surface area contributed by atoms with Crippen LogP contribution in [-0.2, 0) is 4.74 Å². The van der Waals surface area contributed by atoms with Crippen molar-refractivity contribution < 1.29 is 14.3 Å². The smallest absolute Gasteiger partial charge is 0.254 e. The maximum Gasteiger partial charge on any atom is 0.254 e. The van der Waals surface area contributed by atoms with E-state index in [9.17, 15) is 4.79 Å². The van der Waals surface area contributed by atoms with Crippen LogP contribution in [0.4, 0.5) is 11.5 Å². The lowest BCUT2D eigenvalue weighted by molar-refractivity contribution is -0.0192. The molecule has 0 aliphatic carbocycles. The second kappa shape index (κ2) is 11.4. The number of hydrogen-bond acceptors (Lipinski definition) is 7. The number of amides is 1. The molecule has 9 nitrogen and oxygen atoms in total. The first kappa shape index (κ1) is 28.2. The first-order valence-electron chi connectivity index (χ1n) is 14.7. The fourth-order valence-electron chi connectivity index (χ4n) is 5.97. The molecule has 6 rings (SSSR count). The molecule has 2 saturated heterocycles. The molecule has 2 aliphatic rings. The summed E-state index contributed by atoms with van der Waals surface area (Å²) in [6.45, 7) is 10.3. The molecule has 0 radical (unpaired) electrons. The minimum Gasteiger partial charge on any atom is -0.495 e. The molecule has 4 aromatic rings. The van der Waals surface area contributed by atoms with Gasteiger partial charge in [0.25, 0.3) is 5.91 Å². The van der Waals surface area contributed by atoms with Gasteiger partial charge in [-0.05, 0) is 68.8 Å². The first-order valence-corrected chi connectivity index (χ1v) is 14.7. The molecule has 2 fully saturated rings. The molecule has 0 spiro atoms. The van der Waals surface area contributed by atoms with Crippen LogP contribution >= 0.6 is 0 Å². The number of methoxy groups -OCH3 is 2. The number of likely N-dealkylation sites (tertiary alicyclic amines) is 2. The van der Waals surface area contributed by atoms with Crippen LogP contribution in [0.1, 0.15) is 50.0 Å². The summed E-state index contributed by atoms with van der Waals surface area (Å²) in [7, 11) is 3.28. The van der Waals surface area contributed by atoms with Gasteiger partial charge in [0.2, 0.25) is 0 Å². The number of carbonyl (C=O) groups excluding carboxylic acids is 1. The molecule has 0 bridgehead atoms.